The van der Waals surface area contributed by atoms with Crippen molar-refractivity contribution in [2.45, 2.75) is 235 Å². The number of phenols is 1. The van der Waals surface area contributed by atoms with Gasteiger partial charge in [0.1, 0.15) is 66.2 Å². The van der Waals surface area contributed by atoms with E-state index in [0.29, 0.717) is 59.0 Å². The lowest BCUT2D eigenvalue weighted by Gasteiger charge is -2.36. The molecule has 15 amide bonds. The first-order valence-corrected chi connectivity index (χ1v) is 46.3. The van der Waals surface area contributed by atoms with Crippen molar-refractivity contribution < 1.29 is 91.7 Å². The Balaban J connectivity index is 1.10. The molecule has 39 heteroatoms. The Morgan fingerprint density at radius 2 is 1.15 bits per heavy atom. The predicted octanol–water partition coefficient (Wildman–Crippen LogP) is 2.15. The minimum atomic E-state index is -1.76. The summed E-state index contributed by atoms with van der Waals surface area (Å²) in [6.45, 7) is 15.2. The lowest BCUT2D eigenvalue weighted by molar-refractivity contribution is -0.150. The number of hydrogen-bond donors (Lipinski definition) is 15. The van der Waals surface area contributed by atoms with Crippen molar-refractivity contribution in [1.82, 2.24) is 87.0 Å². The molecule has 3 aromatic heterocycles. The van der Waals surface area contributed by atoms with E-state index in [1.54, 1.807) is 32.3 Å². The van der Waals surface area contributed by atoms with Crippen LogP contribution in [0.25, 0.3) is 21.8 Å². The lowest BCUT2D eigenvalue weighted by atomic mass is 9.88. The first-order chi connectivity index (χ1) is 63.4. The maximum Gasteiger partial charge on any atom is 0.246 e. The van der Waals surface area contributed by atoms with E-state index in [1.165, 1.54) is 86.8 Å². The number of carbonyl (C=O) groups is 17. The summed E-state index contributed by atoms with van der Waals surface area (Å²) in [6, 6.07) is 2.68. The third-order valence-corrected chi connectivity index (χ3v) is 25.6. The Morgan fingerprint density at radius 3 is 1.76 bits per heavy atom. The zero-order valence-electron chi connectivity index (χ0n) is 76.6. The van der Waals surface area contributed by atoms with Crippen molar-refractivity contribution in [2.75, 3.05) is 52.3 Å². The molecule has 0 unspecified atom stereocenters. The van der Waals surface area contributed by atoms with Crippen LogP contribution < -0.4 is 54.0 Å². The Morgan fingerprint density at radius 1 is 0.579 bits per heavy atom. The van der Waals surface area contributed by atoms with E-state index >= 15 is 38.4 Å². The van der Waals surface area contributed by atoms with Crippen molar-refractivity contribution in [1.29, 1.82) is 0 Å². The summed E-state index contributed by atoms with van der Waals surface area (Å²) in [5, 5.41) is 44.6. The van der Waals surface area contributed by atoms with Gasteiger partial charge >= 0.3 is 0 Å². The summed E-state index contributed by atoms with van der Waals surface area (Å²) in [4.78, 5) is 270. The molecule has 133 heavy (non-hydrogen) atoms. The van der Waals surface area contributed by atoms with Crippen LogP contribution in [-0.4, -0.2) is 286 Å². The van der Waals surface area contributed by atoms with Crippen LogP contribution in [0.1, 0.15) is 153 Å². The number of ketones is 2. The Bertz CT molecular complexity index is 5170. The van der Waals surface area contributed by atoms with Crippen LogP contribution in [0.4, 0.5) is 0 Å². The minimum Gasteiger partial charge on any atom is -0.508 e. The van der Waals surface area contributed by atoms with Gasteiger partial charge in [0.05, 0.1) is 43.2 Å². The molecule has 15 atom stereocenters. The number of aromatic amines is 3. The number of imidazole rings is 1. The summed E-state index contributed by atoms with van der Waals surface area (Å²) in [5.41, 5.74) is 14.6. The molecule has 6 heterocycles. The second kappa shape index (κ2) is 49.4. The van der Waals surface area contributed by atoms with Gasteiger partial charge in [-0.1, -0.05) is 114 Å². The maximum atomic E-state index is 15.9. The monoisotopic (exact) mass is 1860 g/mol. The highest BCUT2D eigenvalue weighted by molar-refractivity contribution is 8.00. The number of aliphatic hydroxyl groups is 1. The van der Waals surface area contributed by atoms with Gasteiger partial charge in [-0.15, -0.1) is 24.9 Å². The van der Waals surface area contributed by atoms with Crippen molar-refractivity contribution in [3.8, 4) is 5.75 Å². The number of likely N-dealkylation sites (N-methyl/N-ethyl adjacent to an activating group) is 3. The quantitative estimate of drug-likeness (QED) is 0.0365. The van der Waals surface area contributed by atoms with Gasteiger partial charge in [-0.25, -0.2) is 4.98 Å². The van der Waals surface area contributed by atoms with Crippen molar-refractivity contribution in [2.24, 2.45) is 29.2 Å². The number of aliphatic hydroxyl groups excluding tert-OH is 1. The number of fused-ring (bicyclic) bond motifs is 4. The fourth-order valence-electron chi connectivity index (χ4n) is 17.2. The first kappa shape index (κ1) is 104. The van der Waals surface area contributed by atoms with Gasteiger partial charge < -0.3 is 104 Å². The molecule has 0 radical (unpaired) electrons. The van der Waals surface area contributed by atoms with Crippen molar-refractivity contribution in [3.63, 3.8) is 0 Å². The smallest absolute Gasteiger partial charge is 0.246 e. The van der Waals surface area contributed by atoms with E-state index in [4.69, 9.17) is 11.5 Å². The van der Waals surface area contributed by atoms with Gasteiger partial charge in [-0.3, -0.25) is 81.5 Å². The van der Waals surface area contributed by atoms with Crippen LogP contribution in [0.15, 0.2) is 123 Å². The number of aromatic nitrogens is 4. The molecule has 17 N–H and O–H groups in total. The van der Waals surface area contributed by atoms with E-state index in [1.807, 2.05) is 56.3 Å². The van der Waals surface area contributed by atoms with E-state index in [0.717, 1.165) is 37.4 Å². The van der Waals surface area contributed by atoms with E-state index < -0.39 is 228 Å². The highest BCUT2D eigenvalue weighted by Crippen LogP contribution is 2.32. The number of nitrogens with two attached hydrogens (primary N) is 2. The number of para-hydroxylation sites is 2. The number of H-pyrrole nitrogens is 3. The minimum absolute atomic E-state index is 0.00341. The molecular weight excluding hydrogens is 1730 g/mol. The van der Waals surface area contributed by atoms with E-state index in [9.17, 15) is 53.4 Å². The molecule has 38 nitrogen and oxygen atoms in total. The molecule has 3 aliphatic rings. The Hall–Kier alpha value is -13.1. The molecule has 0 bridgehead atoms. The summed E-state index contributed by atoms with van der Waals surface area (Å²) in [6.07, 6.45) is 6.39. The molecule has 0 saturated carbocycles. The Labute approximate surface area is 776 Å². The number of phenolic OH excluding ortho intramolecular Hbond substituents is 1. The number of hydrogen-bond acceptors (Lipinski definition) is 21. The highest BCUT2D eigenvalue weighted by atomic mass is 32.2. The van der Waals surface area contributed by atoms with Gasteiger partial charge in [-0.05, 0) is 112 Å². The number of primary amides is 2. The summed E-state index contributed by atoms with van der Waals surface area (Å²) in [7, 11) is 4.07. The van der Waals surface area contributed by atoms with Gasteiger partial charge in [0.25, 0.3) is 0 Å². The molecule has 6 aromatic rings. The lowest BCUT2D eigenvalue weighted by Crippen LogP contribution is -2.60. The SMILES string of the molecule is C=CC[C@@H]1NC(=O)[C@H](Cc2c[nH]c3ccccc23)CC(=O)[C@@H]2C[C@@H](O)CN2C(=O)[C@H](CC(C)C)NC(=O)[C@H](Cc2cnc[nH]2)NC(=O)[C@@H]2CCCN2C(=O)[C@H](CC(N)=O)NC(=O)[C@H](C)N(C)C(=O)[C@H](Cc2ccc(O)cc2)NC(=O)CSC[C@@H](C(=O)NCC(N)=O)NC(=O)[C@H](CC=C)NC(=O)[C@H](CCCC)N(C)C(=O)[C@H](CCCC)N(C)C(=O)[C@H](Cc2c[nH]c3ccccc23)CC1=O. The van der Waals surface area contributed by atoms with Crippen molar-refractivity contribution >= 4 is 134 Å². The average molecular weight is 1860 g/mol. The number of rotatable bonds is 25. The molecule has 0 spiro atoms. The molecular formula is C94H127N19O19S. The predicted molar refractivity (Wildman–Crippen MR) is 496 cm³/mol. The van der Waals surface area contributed by atoms with Gasteiger partial charge in [0.2, 0.25) is 88.6 Å². The average Bonchev–Trinajstić information content (AvgIpc) is 1.66. The third-order valence-electron chi connectivity index (χ3n) is 24.6. The van der Waals surface area contributed by atoms with Crippen LogP contribution in [0.2, 0.25) is 0 Å². The first-order valence-electron chi connectivity index (χ1n) is 45.2. The topological polar surface area (TPSA) is 555 Å². The molecule has 0 aliphatic carbocycles. The summed E-state index contributed by atoms with van der Waals surface area (Å²) < 4.78 is 0. The summed E-state index contributed by atoms with van der Waals surface area (Å²) in [5.74, 6) is -18.3. The standard InChI is InChI=1S/C94H127N19O19S/c1-11-15-28-74-88(126)104-68(23-14-4)86(124)108-73(85(123)100-48-81(96)119)50-133-51-82(120)102-71(37-55-31-33-61(114)34-32-55)91(129)109(8)54(7)83(121)106-72(44-80(95)118)92(130)112-35-21-30-75(112)89(127)105-69(42-60-47-97-52-101-60)87(125)107-70(36-53(5)6)93(131)113-49-62(115)43-77(113)79(117)40-56(38-58-45-98-65-26-19-17-24-63(58)65)84(122)103-67(22-13-3)78(116)41-57(39-59-46-99-66-27-20-18-25-64(59)66)90(128)111(10)76(29-16-12-2)94(132)110(74)9/h13-14,17-20,24-27,31-34,45-47,52-54,56-57,62,67-77,98-99,114-115H,3-4,11-12,15-16,21-23,28-30,35-44,48-51H2,1-2,5-10H3,(H2,95,118)(H2,96,119)(H,97,101)(H,100,123)(H,102,120)(H,103,122)(H,104,126)(H,105,127)(H,106,121)(H,107,125)(H,108,124)/t54-,56+,57+,62+,67-,68-,69-,70-,71-,72-,73-,74-,75-,76-,77-/m0/s1. The number of amides is 15. The van der Waals surface area contributed by atoms with Crippen LogP contribution in [0, 0.1) is 17.8 Å². The van der Waals surface area contributed by atoms with E-state index in [2.05, 4.69) is 75.6 Å². The summed E-state index contributed by atoms with van der Waals surface area (Å²) >= 11 is 0.789. The normalized spacial score (nSPS) is 25.1. The second-order valence-electron chi connectivity index (χ2n) is 35.0. The molecule has 3 fully saturated rings. The fraction of sp³-hybridized carbons (Fsp3) is 0.511. The zero-order chi connectivity index (χ0) is 97.0. The molecule has 3 saturated heterocycles. The number of Topliss-reactive ketones (excluding diaryl/α,β-unsaturated/α-hetero) is 2. The number of unbranched alkanes of at least 4 members (excludes halogenated alkanes) is 2. The van der Waals surface area contributed by atoms with Crippen LogP contribution in [-0.2, 0) is 107 Å². The number of benzene rings is 3. The fourth-order valence-corrected chi connectivity index (χ4v) is 18.0. The zero-order valence-corrected chi connectivity index (χ0v) is 77.4. The number of carbonyl (C=O) groups excluding carboxylic acids is 17. The molecule has 718 valence electrons. The number of thioether (sulfide) groups is 1. The van der Waals surface area contributed by atoms with Crippen LogP contribution in [0.5, 0.6) is 5.75 Å². The second-order valence-corrected chi connectivity index (χ2v) is 36.0. The largest absolute Gasteiger partial charge is 0.508 e. The van der Waals surface area contributed by atoms with Crippen LogP contribution >= 0.6 is 11.8 Å². The number of nitrogens with zero attached hydrogens (tertiary/aromatic N) is 6. The molecule has 3 aliphatic heterocycles. The maximum absolute atomic E-state index is 15.9. The molecule has 9 rings (SSSR count). The van der Waals surface area contributed by atoms with Gasteiger partial charge in [0.15, 0.2) is 11.6 Å². The van der Waals surface area contributed by atoms with E-state index in [-0.39, 0.29) is 102 Å². The highest BCUT2D eigenvalue weighted by Gasteiger charge is 2.47. The number of nitrogens with one attached hydrogen (secondary N) is 11. The van der Waals surface area contributed by atoms with Crippen LogP contribution in [0.3, 0.4) is 0 Å². The van der Waals surface area contributed by atoms with Gasteiger partial charge in [-0.2, -0.15) is 0 Å². The van der Waals surface area contributed by atoms with Gasteiger partial charge in [0, 0.05) is 130 Å². The number of aromatic hydroxyl groups is 1. The third kappa shape index (κ3) is 28.5. The van der Waals surface area contributed by atoms with Crippen molar-refractivity contribution in [3.05, 3.63) is 145 Å². The Kier molecular flexibility index (Phi) is 38.5. The molecule has 3 aromatic carbocycles.